The summed E-state index contributed by atoms with van der Waals surface area (Å²) in [6.45, 7) is 0.700. The number of hydrogen-bond donors (Lipinski definition) is 1. The van der Waals surface area contributed by atoms with E-state index in [0.29, 0.717) is 30.1 Å². The standard InChI is InChI=1S/C22H18N4O3/c27-22(24-12-16-14-28-19-8-4-5-9-20(19)29-16)17-13-25-26-18(10-11-23-21(17)26)15-6-2-1-3-7-15/h1-11,13,16H,12,14H2,(H,24,27). The van der Waals surface area contributed by atoms with Crippen LogP contribution < -0.4 is 14.8 Å². The summed E-state index contributed by atoms with van der Waals surface area (Å²) >= 11 is 0. The van der Waals surface area contributed by atoms with Crippen LogP contribution >= 0.6 is 0 Å². The van der Waals surface area contributed by atoms with E-state index in [4.69, 9.17) is 9.47 Å². The molecule has 0 bridgehead atoms. The lowest BCUT2D eigenvalue weighted by Crippen LogP contribution is -2.40. The van der Waals surface area contributed by atoms with Crippen LogP contribution in [0.2, 0.25) is 0 Å². The summed E-state index contributed by atoms with van der Waals surface area (Å²) in [6.07, 6.45) is 2.96. The molecule has 3 heterocycles. The molecule has 7 nitrogen and oxygen atoms in total. The minimum Gasteiger partial charge on any atom is -0.486 e. The molecule has 0 radical (unpaired) electrons. The second-order valence-corrected chi connectivity index (χ2v) is 6.70. The second-order valence-electron chi connectivity index (χ2n) is 6.70. The molecule has 0 saturated carbocycles. The molecule has 0 spiro atoms. The van der Waals surface area contributed by atoms with Crippen LogP contribution in [0.4, 0.5) is 0 Å². The molecule has 2 aromatic heterocycles. The molecule has 144 valence electrons. The van der Waals surface area contributed by atoms with Gasteiger partial charge in [-0.3, -0.25) is 4.79 Å². The third-order valence-electron chi connectivity index (χ3n) is 4.77. The highest BCUT2D eigenvalue weighted by molar-refractivity contribution is 5.99. The summed E-state index contributed by atoms with van der Waals surface area (Å²) in [4.78, 5) is 17.1. The Bertz CT molecular complexity index is 1170. The maximum Gasteiger partial charge on any atom is 0.256 e. The molecule has 1 unspecified atom stereocenters. The van der Waals surface area contributed by atoms with Crippen LogP contribution in [0.3, 0.4) is 0 Å². The number of carbonyl (C=O) groups is 1. The van der Waals surface area contributed by atoms with Gasteiger partial charge in [-0.2, -0.15) is 5.10 Å². The van der Waals surface area contributed by atoms with E-state index in [2.05, 4.69) is 15.4 Å². The number of benzene rings is 2. The molecule has 2 aromatic carbocycles. The Labute approximate surface area is 166 Å². The molecule has 4 aromatic rings. The fraction of sp³-hybridized carbons (Fsp3) is 0.136. The van der Waals surface area contributed by atoms with Gasteiger partial charge in [0.05, 0.1) is 18.4 Å². The first-order valence-corrected chi connectivity index (χ1v) is 9.34. The van der Waals surface area contributed by atoms with E-state index in [1.54, 1.807) is 10.7 Å². The first-order chi connectivity index (χ1) is 14.3. The van der Waals surface area contributed by atoms with Gasteiger partial charge in [0.1, 0.15) is 18.3 Å². The fourth-order valence-electron chi connectivity index (χ4n) is 3.34. The summed E-state index contributed by atoms with van der Waals surface area (Å²) in [6, 6.07) is 19.2. The Morgan fingerprint density at radius 2 is 1.86 bits per heavy atom. The zero-order valence-electron chi connectivity index (χ0n) is 15.5. The third kappa shape index (κ3) is 3.27. The molecule has 5 rings (SSSR count). The maximum absolute atomic E-state index is 12.8. The van der Waals surface area contributed by atoms with Gasteiger partial charge in [-0.1, -0.05) is 42.5 Å². The average Bonchev–Trinajstić information content (AvgIpc) is 3.22. The van der Waals surface area contributed by atoms with Crippen LogP contribution in [-0.2, 0) is 0 Å². The van der Waals surface area contributed by atoms with E-state index in [9.17, 15) is 4.79 Å². The van der Waals surface area contributed by atoms with Gasteiger partial charge < -0.3 is 14.8 Å². The minimum absolute atomic E-state index is 0.250. The van der Waals surface area contributed by atoms with E-state index < -0.39 is 0 Å². The number of aromatic nitrogens is 3. The zero-order valence-corrected chi connectivity index (χ0v) is 15.5. The minimum atomic E-state index is -0.261. The summed E-state index contributed by atoms with van der Waals surface area (Å²) in [5.74, 6) is 1.15. The Hall–Kier alpha value is -3.87. The number of hydrogen-bond acceptors (Lipinski definition) is 5. The Morgan fingerprint density at radius 1 is 1.07 bits per heavy atom. The molecular formula is C22H18N4O3. The number of amides is 1. The van der Waals surface area contributed by atoms with Crippen molar-refractivity contribution in [2.45, 2.75) is 6.10 Å². The first-order valence-electron chi connectivity index (χ1n) is 9.34. The summed E-state index contributed by atoms with van der Waals surface area (Å²) in [5, 5.41) is 7.28. The van der Waals surface area contributed by atoms with Gasteiger partial charge in [0.15, 0.2) is 17.1 Å². The van der Waals surface area contributed by atoms with Gasteiger partial charge >= 0.3 is 0 Å². The van der Waals surface area contributed by atoms with Gasteiger partial charge in [-0.15, -0.1) is 0 Å². The van der Waals surface area contributed by atoms with E-state index in [0.717, 1.165) is 17.0 Å². The first kappa shape index (κ1) is 17.2. The van der Waals surface area contributed by atoms with E-state index in [-0.39, 0.29) is 12.0 Å². The predicted octanol–water partition coefficient (Wildman–Crippen LogP) is 2.97. The molecular weight excluding hydrogens is 368 g/mol. The number of para-hydroxylation sites is 2. The van der Waals surface area contributed by atoms with Gasteiger partial charge in [0, 0.05) is 11.8 Å². The highest BCUT2D eigenvalue weighted by Gasteiger charge is 2.22. The molecule has 0 saturated heterocycles. The molecule has 0 aliphatic carbocycles. The molecule has 1 aliphatic rings. The monoisotopic (exact) mass is 386 g/mol. The lowest BCUT2D eigenvalue weighted by molar-refractivity contribution is 0.0790. The van der Waals surface area contributed by atoms with Crippen molar-refractivity contribution in [2.24, 2.45) is 0 Å². The largest absolute Gasteiger partial charge is 0.486 e. The number of fused-ring (bicyclic) bond motifs is 2. The molecule has 29 heavy (non-hydrogen) atoms. The second kappa shape index (κ2) is 7.27. The van der Waals surface area contributed by atoms with Crippen molar-refractivity contribution >= 4 is 11.6 Å². The Balaban J connectivity index is 1.33. The van der Waals surface area contributed by atoms with Crippen molar-refractivity contribution in [2.75, 3.05) is 13.2 Å². The highest BCUT2D eigenvalue weighted by Crippen LogP contribution is 2.30. The quantitative estimate of drug-likeness (QED) is 0.583. The van der Waals surface area contributed by atoms with Gasteiger partial charge in [-0.25, -0.2) is 9.50 Å². The van der Waals surface area contributed by atoms with Crippen LogP contribution in [0.15, 0.2) is 73.1 Å². The van der Waals surface area contributed by atoms with Crippen LogP contribution in [-0.4, -0.2) is 39.8 Å². The molecule has 1 atom stereocenters. The Morgan fingerprint density at radius 3 is 2.72 bits per heavy atom. The maximum atomic E-state index is 12.8. The third-order valence-corrected chi connectivity index (χ3v) is 4.77. The number of nitrogens with zero attached hydrogens (tertiary/aromatic N) is 3. The van der Waals surface area contributed by atoms with Crippen molar-refractivity contribution < 1.29 is 14.3 Å². The predicted molar refractivity (Wildman–Crippen MR) is 107 cm³/mol. The van der Waals surface area contributed by atoms with Crippen LogP contribution in [0.5, 0.6) is 11.5 Å². The summed E-state index contributed by atoms with van der Waals surface area (Å²) < 4.78 is 13.3. The number of rotatable bonds is 4. The Kier molecular flexibility index (Phi) is 4.32. The average molecular weight is 386 g/mol. The van der Waals surface area contributed by atoms with Crippen molar-refractivity contribution in [1.29, 1.82) is 0 Å². The van der Waals surface area contributed by atoms with Crippen molar-refractivity contribution in [3.8, 4) is 22.8 Å². The zero-order chi connectivity index (χ0) is 19.6. The SMILES string of the molecule is O=C(NCC1COc2ccccc2O1)c1cnn2c(-c3ccccc3)ccnc12. The topological polar surface area (TPSA) is 77.8 Å². The van der Waals surface area contributed by atoms with Crippen LogP contribution in [0.1, 0.15) is 10.4 Å². The fourth-order valence-corrected chi connectivity index (χ4v) is 3.34. The van der Waals surface area contributed by atoms with Crippen molar-refractivity contribution in [1.82, 2.24) is 19.9 Å². The molecule has 1 amide bonds. The number of nitrogens with one attached hydrogen (secondary N) is 1. The van der Waals surface area contributed by atoms with Gasteiger partial charge in [0.25, 0.3) is 5.91 Å². The van der Waals surface area contributed by atoms with Crippen LogP contribution in [0, 0.1) is 0 Å². The number of carbonyl (C=O) groups excluding carboxylic acids is 1. The van der Waals surface area contributed by atoms with Crippen molar-refractivity contribution in [3.63, 3.8) is 0 Å². The van der Waals surface area contributed by atoms with Crippen LogP contribution in [0.25, 0.3) is 16.9 Å². The normalized spacial score (nSPS) is 15.2. The summed E-state index contributed by atoms with van der Waals surface area (Å²) in [5.41, 5.74) is 2.80. The molecule has 0 fully saturated rings. The van der Waals surface area contributed by atoms with Gasteiger partial charge in [0.2, 0.25) is 0 Å². The summed E-state index contributed by atoms with van der Waals surface area (Å²) in [7, 11) is 0. The molecule has 7 heteroatoms. The number of ether oxygens (including phenoxy) is 2. The lowest BCUT2D eigenvalue weighted by Gasteiger charge is -2.26. The van der Waals surface area contributed by atoms with E-state index in [1.165, 1.54) is 6.20 Å². The molecule has 1 N–H and O–H groups in total. The highest BCUT2D eigenvalue weighted by atomic mass is 16.6. The van der Waals surface area contributed by atoms with E-state index in [1.807, 2.05) is 60.7 Å². The van der Waals surface area contributed by atoms with Gasteiger partial charge in [-0.05, 0) is 18.2 Å². The van der Waals surface area contributed by atoms with E-state index >= 15 is 0 Å². The smallest absolute Gasteiger partial charge is 0.256 e. The van der Waals surface area contributed by atoms with Crippen molar-refractivity contribution in [3.05, 3.63) is 78.6 Å². The molecule has 1 aliphatic heterocycles. The lowest BCUT2D eigenvalue weighted by atomic mass is 10.1.